The Labute approximate surface area is 287 Å². The first-order valence-corrected chi connectivity index (χ1v) is 16.7. The third-order valence-corrected chi connectivity index (χ3v) is 11.2. The molecule has 3 aliphatic carbocycles. The Bertz CT molecular complexity index is 2170. The summed E-state index contributed by atoms with van der Waals surface area (Å²) >= 11 is 0. The van der Waals surface area contributed by atoms with E-state index in [4.69, 9.17) is 0 Å². The number of aryl methyl sites for hydroxylation is 1. The van der Waals surface area contributed by atoms with Gasteiger partial charge in [-0.15, -0.1) is 0 Å². The number of Topliss-reactive ketones (excluding diaryl/α,β-unsaturated/α-hetero) is 1. The number of non-ortho nitro benzene ring substituents is 1. The van der Waals surface area contributed by atoms with Gasteiger partial charge in [-0.05, 0) is 72.2 Å². The molecule has 6 atom stereocenters. The van der Waals surface area contributed by atoms with Crippen LogP contribution in [0.15, 0.2) is 121 Å². The molecule has 0 radical (unpaired) electrons. The van der Waals surface area contributed by atoms with Crippen LogP contribution < -0.4 is 4.90 Å². The maximum absolute atomic E-state index is 15.1. The van der Waals surface area contributed by atoms with Gasteiger partial charge in [0.05, 0.1) is 27.9 Å². The quantitative estimate of drug-likeness (QED) is 0.109. The van der Waals surface area contributed by atoms with Gasteiger partial charge in [-0.2, -0.15) is 0 Å². The first-order valence-electron chi connectivity index (χ1n) is 16.7. The van der Waals surface area contributed by atoms with E-state index in [1.165, 1.54) is 30.3 Å². The number of allylic oxidation sites excluding steroid dienone is 4. The zero-order valence-corrected chi connectivity index (χ0v) is 27.1. The Kier molecular flexibility index (Phi) is 7.25. The van der Waals surface area contributed by atoms with E-state index in [0.717, 1.165) is 16.0 Å². The highest BCUT2D eigenvalue weighted by Gasteiger charge is 2.66. The summed E-state index contributed by atoms with van der Waals surface area (Å²) in [5.41, 5.74) is 2.51. The third-order valence-electron chi connectivity index (χ3n) is 11.2. The summed E-state index contributed by atoms with van der Waals surface area (Å²) in [4.78, 5) is 70.4. The van der Waals surface area contributed by atoms with E-state index in [-0.39, 0.29) is 41.5 Å². The van der Waals surface area contributed by atoms with Gasteiger partial charge < -0.3 is 5.11 Å². The summed E-state index contributed by atoms with van der Waals surface area (Å²) in [7, 11) is 0. The lowest BCUT2D eigenvalue weighted by Crippen LogP contribution is -2.58. The van der Waals surface area contributed by atoms with Crippen molar-refractivity contribution in [3.8, 4) is 5.75 Å². The van der Waals surface area contributed by atoms with Gasteiger partial charge in [0.25, 0.3) is 5.69 Å². The number of aromatic hydroxyl groups is 1. The van der Waals surface area contributed by atoms with Crippen molar-refractivity contribution in [2.24, 2.45) is 23.7 Å². The summed E-state index contributed by atoms with van der Waals surface area (Å²) in [6, 6.07) is 29.0. The van der Waals surface area contributed by atoms with Crippen LogP contribution in [0.5, 0.6) is 5.75 Å². The van der Waals surface area contributed by atoms with Crippen LogP contribution >= 0.6 is 0 Å². The Morgan fingerprint density at radius 3 is 2.18 bits per heavy atom. The molecule has 4 aromatic carbocycles. The number of amides is 2. The lowest BCUT2D eigenvalue weighted by molar-refractivity contribution is -0.384. The van der Waals surface area contributed by atoms with Crippen LogP contribution in [0.25, 0.3) is 5.57 Å². The molecule has 248 valence electrons. The van der Waals surface area contributed by atoms with Crippen molar-refractivity contribution in [3.63, 3.8) is 0 Å². The predicted octanol–water partition coefficient (Wildman–Crippen LogP) is 6.64. The number of carbonyl (C=O) groups excluding carboxylic acids is 4. The molecule has 0 spiro atoms. The van der Waals surface area contributed by atoms with Crippen LogP contribution in [0.1, 0.15) is 41.0 Å². The summed E-state index contributed by atoms with van der Waals surface area (Å²) in [6.45, 7) is 1.78. The number of fused-ring (bicyclic) bond motifs is 4. The highest BCUT2D eigenvalue weighted by atomic mass is 16.6. The minimum absolute atomic E-state index is 0.0942. The molecule has 6 unspecified atom stereocenters. The molecule has 9 nitrogen and oxygen atoms in total. The van der Waals surface area contributed by atoms with Gasteiger partial charge in [0.1, 0.15) is 5.75 Å². The zero-order valence-electron chi connectivity index (χ0n) is 27.1. The topological polar surface area (TPSA) is 135 Å². The van der Waals surface area contributed by atoms with E-state index in [0.29, 0.717) is 22.3 Å². The van der Waals surface area contributed by atoms with Crippen LogP contribution in [0.3, 0.4) is 0 Å². The second-order valence-corrected chi connectivity index (χ2v) is 13.6. The summed E-state index contributed by atoms with van der Waals surface area (Å²) < 4.78 is 0. The summed E-state index contributed by atoms with van der Waals surface area (Å²) in [5, 5.41) is 21.8. The Morgan fingerprint density at radius 1 is 0.840 bits per heavy atom. The number of imide groups is 1. The molecule has 2 fully saturated rings. The standard InChI is InChI=1S/C41H32N2O7/c1-23-20-25(12-19-34(23)44)37-29-17-18-30-36(40(48)42(39(30)47)27-13-15-28(16-14-27)43(49)50)32(29)21-33-38(46)31(24-8-4-2-5-9-24)22-35(45)41(33,37)26-10-6-3-7-11-26/h2-17,19-20,22,30,32-33,36-37,44H,18,21H2,1H3. The second-order valence-electron chi connectivity index (χ2n) is 13.6. The second kappa shape index (κ2) is 11.6. The molecule has 8 rings (SSSR count). The van der Waals surface area contributed by atoms with Gasteiger partial charge in [0, 0.05) is 29.5 Å². The number of anilines is 1. The number of nitrogens with zero attached hydrogens (tertiary/aromatic N) is 2. The molecule has 0 aromatic heterocycles. The fourth-order valence-corrected chi connectivity index (χ4v) is 9.09. The van der Waals surface area contributed by atoms with Gasteiger partial charge in [-0.25, -0.2) is 0 Å². The normalized spacial score (nSPS) is 27.2. The average molecular weight is 665 g/mol. The van der Waals surface area contributed by atoms with Crippen molar-refractivity contribution in [2.45, 2.75) is 31.1 Å². The molecule has 1 aliphatic heterocycles. The average Bonchev–Trinajstić information content (AvgIpc) is 3.39. The number of ketones is 2. The molecule has 1 saturated carbocycles. The van der Waals surface area contributed by atoms with Crippen molar-refractivity contribution < 1.29 is 29.2 Å². The smallest absolute Gasteiger partial charge is 0.269 e. The largest absolute Gasteiger partial charge is 0.508 e. The number of phenolic OH excluding ortho intramolecular Hbond substituents is 1. The van der Waals surface area contributed by atoms with Gasteiger partial charge >= 0.3 is 0 Å². The maximum atomic E-state index is 15.1. The van der Waals surface area contributed by atoms with E-state index >= 15 is 4.79 Å². The van der Waals surface area contributed by atoms with Crippen molar-refractivity contribution in [1.82, 2.24) is 0 Å². The van der Waals surface area contributed by atoms with Crippen LogP contribution in [0.2, 0.25) is 0 Å². The first kappa shape index (κ1) is 31.3. The number of phenols is 1. The van der Waals surface area contributed by atoms with Crippen molar-refractivity contribution in [2.75, 3.05) is 4.90 Å². The molecule has 1 N–H and O–H groups in total. The monoisotopic (exact) mass is 664 g/mol. The van der Waals surface area contributed by atoms with E-state index in [1.54, 1.807) is 31.2 Å². The Hall–Kier alpha value is -5.96. The van der Waals surface area contributed by atoms with Crippen LogP contribution in [0, 0.1) is 40.7 Å². The summed E-state index contributed by atoms with van der Waals surface area (Å²) in [5.74, 6) is -4.77. The van der Waals surface area contributed by atoms with Crippen molar-refractivity contribution >= 4 is 40.3 Å². The number of hydrogen-bond donors (Lipinski definition) is 1. The fourth-order valence-electron chi connectivity index (χ4n) is 9.09. The van der Waals surface area contributed by atoms with Crippen molar-refractivity contribution in [3.05, 3.63) is 153 Å². The molecule has 1 heterocycles. The molecule has 4 aromatic rings. The number of rotatable bonds is 5. The minimum atomic E-state index is -1.36. The third kappa shape index (κ3) is 4.46. The van der Waals surface area contributed by atoms with E-state index < -0.39 is 51.7 Å². The first-order chi connectivity index (χ1) is 24.1. The SMILES string of the molecule is Cc1cc(C2C3=CCC4C(=O)N(c5ccc([N+](=O)[O-])cc5)C(=O)C4C3CC3C(=O)C(c4ccccc4)=CC(=O)C32c2ccccc2)ccc1O. The molecular formula is C41H32N2O7. The van der Waals surface area contributed by atoms with Crippen molar-refractivity contribution in [1.29, 1.82) is 0 Å². The summed E-state index contributed by atoms with van der Waals surface area (Å²) in [6.07, 6.45) is 3.88. The highest BCUT2D eigenvalue weighted by molar-refractivity contribution is 6.32. The van der Waals surface area contributed by atoms with E-state index in [2.05, 4.69) is 0 Å². The zero-order chi connectivity index (χ0) is 34.9. The molecular weight excluding hydrogens is 632 g/mol. The molecule has 9 heteroatoms. The number of benzene rings is 4. The Balaban J connectivity index is 1.33. The van der Waals surface area contributed by atoms with Crippen LogP contribution in [0.4, 0.5) is 11.4 Å². The molecule has 1 saturated heterocycles. The number of nitro groups is 1. The maximum Gasteiger partial charge on any atom is 0.269 e. The van der Waals surface area contributed by atoms with Gasteiger partial charge in [-0.1, -0.05) is 84.4 Å². The van der Waals surface area contributed by atoms with E-state index in [1.807, 2.05) is 60.7 Å². The number of carbonyl (C=O) groups is 4. The number of hydrogen-bond acceptors (Lipinski definition) is 7. The van der Waals surface area contributed by atoms with Crippen LogP contribution in [-0.2, 0) is 24.6 Å². The lowest BCUT2D eigenvalue weighted by Gasteiger charge is -2.55. The predicted molar refractivity (Wildman–Crippen MR) is 185 cm³/mol. The minimum Gasteiger partial charge on any atom is -0.508 e. The number of nitro benzene ring substituents is 1. The molecule has 0 bridgehead atoms. The molecule has 50 heavy (non-hydrogen) atoms. The van der Waals surface area contributed by atoms with E-state index in [9.17, 15) is 29.6 Å². The highest BCUT2D eigenvalue weighted by Crippen LogP contribution is 2.63. The lowest BCUT2D eigenvalue weighted by atomic mass is 9.44. The van der Waals surface area contributed by atoms with Gasteiger partial charge in [-0.3, -0.25) is 34.2 Å². The molecule has 2 amide bonds. The van der Waals surface area contributed by atoms with Gasteiger partial charge in [0.15, 0.2) is 11.6 Å². The fraction of sp³-hybridized carbons (Fsp3) is 0.220. The molecule has 4 aliphatic rings. The van der Waals surface area contributed by atoms with Crippen LogP contribution in [-0.4, -0.2) is 33.4 Å². The van der Waals surface area contributed by atoms with Gasteiger partial charge in [0.2, 0.25) is 11.8 Å². The Morgan fingerprint density at radius 2 is 1.52 bits per heavy atom.